The van der Waals surface area contributed by atoms with Crippen molar-refractivity contribution in [1.29, 1.82) is 0 Å². The van der Waals surface area contributed by atoms with Crippen molar-refractivity contribution in [1.82, 2.24) is 4.98 Å². The van der Waals surface area contributed by atoms with Gasteiger partial charge in [-0.05, 0) is 60.6 Å². The summed E-state index contributed by atoms with van der Waals surface area (Å²) in [7, 11) is 1.49. The van der Waals surface area contributed by atoms with Crippen molar-refractivity contribution in [3.05, 3.63) is 34.3 Å². The number of ether oxygens (including phenoxy) is 1. The van der Waals surface area contributed by atoms with Crippen molar-refractivity contribution in [3.63, 3.8) is 0 Å². The van der Waals surface area contributed by atoms with Crippen LogP contribution in [0.1, 0.15) is 60.8 Å². The first kappa shape index (κ1) is 18.2. The van der Waals surface area contributed by atoms with Crippen molar-refractivity contribution in [2.24, 2.45) is 10.8 Å². The third-order valence-corrected chi connectivity index (χ3v) is 8.40. The molecule has 2 fully saturated rings. The molecule has 3 heterocycles. The minimum Gasteiger partial charge on any atom is -0.465 e. The van der Waals surface area contributed by atoms with Gasteiger partial charge in [-0.15, -0.1) is 11.3 Å². The number of carbonyl (C=O) groups is 1. The Bertz CT molecular complexity index is 964. The first-order chi connectivity index (χ1) is 13.3. The molecular formula is C23H28N2O2S. The molecule has 4 nitrogen and oxygen atoms in total. The molecule has 2 atom stereocenters. The highest BCUT2D eigenvalue weighted by atomic mass is 32.1. The molecule has 148 valence electrons. The average Bonchev–Trinajstić information content (AvgIpc) is 3.04. The fraction of sp³-hybridized carbons (Fsp3) is 0.565. The Morgan fingerprint density at radius 2 is 2.14 bits per heavy atom. The van der Waals surface area contributed by atoms with E-state index in [9.17, 15) is 4.79 Å². The highest BCUT2D eigenvalue weighted by Gasteiger charge is 2.58. The van der Waals surface area contributed by atoms with E-state index < -0.39 is 0 Å². The molecule has 0 amide bonds. The fourth-order valence-electron chi connectivity index (χ4n) is 5.15. The molecule has 1 aliphatic heterocycles. The van der Waals surface area contributed by atoms with E-state index in [1.807, 2.05) is 12.3 Å². The molecule has 2 aromatic rings. The second kappa shape index (κ2) is 6.06. The van der Waals surface area contributed by atoms with Crippen LogP contribution in [0.25, 0.3) is 10.4 Å². The van der Waals surface area contributed by atoms with Gasteiger partial charge in [-0.1, -0.05) is 20.8 Å². The number of pyridine rings is 1. The summed E-state index contributed by atoms with van der Waals surface area (Å²) in [6.07, 6.45) is 7.49. The topological polar surface area (TPSA) is 42.4 Å². The number of carbonyl (C=O) groups excluding carboxylic acids is 1. The summed E-state index contributed by atoms with van der Waals surface area (Å²) in [6.45, 7) is 8.02. The molecule has 5 rings (SSSR count). The first-order valence-electron chi connectivity index (χ1n) is 10.3. The van der Waals surface area contributed by atoms with Crippen LogP contribution in [-0.2, 0) is 17.6 Å². The lowest BCUT2D eigenvalue weighted by atomic mass is 9.76. The predicted molar refractivity (Wildman–Crippen MR) is 113 cm³/mol. The molecule has 5 heteroatoms. The van der Waals surface area contributed by atoms with Crippen LogP contribution in [0.5, 0.6) is 0 Å². The molecule has 0 bridgehead atoms. The molecule has 2 unspecified atom stereocenters. The van der Waals surface area contributed by atoms with Crippen LogP contribution < -0.4 is 4.90 Å². The zero-order valence-electron chi connectivity index (χ0n) is 17.2. The van der Waals surface area contributed by atoms with E-state index in [1.54, 1.807) is 11.3 Å². The van der Waals surface area contributed by atoms with E-state index in [0.29, 0.717) is 11.5 Å². The lowest BCUT2D eigenvalue weighted by Crippen LogP contribution is -2.24. The molecule has 3 aliphatic rings. The second-order valence-corrected chi connectivity index (χ2v) is 10.8. The minimum absolute atomic E-state index is 0.210. The van der Waals surface area contributed by atoms with Crippen LogP contribution in [0.3, 0.4) is 0 Å². The van der Waals surface area contributed by atoms with E-state index >= 15 is 0 Å². The van der Waals surface area contributed by atoms with Gasteiger partial charge >= 0.3 is 5.97 Å². The monoisotopic (exact) mass is 396 g/mol. The number of methoxy groups -OCH3 is 1. The molecule has 28 heavy (non-hydrogen) atoms. The number of hydrogen-bond donors (Lipinski definition) is 0. The zero-order valence-corrected chi connectivity index (χ0v) is 18.0. The molecule has 0 N–H and O–H groups in total. The summed E-state index contributed by atoms with van der Waals surface area (Å²) in [5, 5.41) is 0. The number of hydrogen-bond acceptors (Lipinski definition) is 5. The number of aromatic nitrogens is 1. The van der Waals surface area contributed by atoms with E-state index in [0.717, 1.165) is 47.6 Å². The van der Waals surface area contributed by atoms with Crippen LogP contribution in [0.2, 0.25) is 0 Å². The zero-order chi connectivity index (χ0) is 19.7. The maximum absolute atomic E-state index is 12.9. The van der Waals surface area contributed by atoms with Crippen LogP contribution in [0.4, 0.5) is 5.82 Å². The van der Waals surface area contributed by atoms with Crippen LogP contribution in [0, 0.1) is 10.8 Å². The fourth-order valence-corrected chi connectivity index (χ4v) is 6.48. The number of esters is 1. The summed E-state index contributed by atoms with van der Waals surface area (Å²) in [4.78, 5) is 22.5. The quantitative estimate of drug-likeness (QED) is 0.677. The lowest BCUT2D eigenvalue weighted by molar-refractivity contribution is 0.0600. The maximum Gasteiger partial charge on any atom is 0.339 e. The van der Waals surface area contributed by atoms with Crippen molar-refractivity contribution >= 4 is 23.1 Å². The van der Waals surface area contributed by atoms with Crippen molar-refractivity contribution < 1.29 is 9.53 Å². The molecule has 1 saturated heterocycles. The van der Waals surface area contributed by atoms with Crippen molar-refractivity contribution in [2.45, 2.75) is 58.9 Å². The Balaban J connectivity index is 1.65. The Morgan fingerprint density at radius 3 is 2.82 bits per heavy atom. The number of aryl methyl sites for hydroxylation is 1. The summed E-state index contributed by atoms with van der Waals surface area (Å²) < 4.78 is 5.24. The highest BCUT2D eigenvalue weighted by molar-refractivity contribution is 7.16. The van der Waals surface area contributed by atoms with Gasteiger partial charge < -0.3 is 9.64 Å². The van der Waals surface area contributed by atoms with Crippen LogP contribution in [0.15, 0.2) is 18.3 Å². The normalized spacial score (nSPS) is 27.3. The third-order valence-electron chi connectivity index (χ3n) is 7.07. The number of anilines is 1. The van der Waals surface area contributed by atoms with E-state index in [4.69, 9.17) is 9.72 Å². The molecule has 0 spiro atoms. The van der Waals surface area contributed by atoms with Gasteiger partial charge in [0.15, 0.2) is 0 Å². The first-order valence-corrected chi connectivity index (χ1v) is 11.1. The number of piperidine rings is 1. The highest BCUT2D eigenvalue weighted by Crippen LogP contribution is 2.58. The molecule has 0 radical (unpaired) electrons. The summed E-state index contributed by atoms with van der Waals surface area (Å²) >= 11 is 1.78. The average molecular weight is 397 g/mol. The summed E-state index contributed by atoms with van der Waals surface area (Å²) in [5.74, 6) is 0.828. The smallest absolute Gasteiger partial charge is 0.339 e. The van der Waals surface area contributed by atoms with Gasteiger partial charge in [-0.25, -0.2) is 9.78 Å². The predicted octanol–water partition coefficient (Wildman–Crippen LogP) is 5.10. The Labute approximate surface area is 170 Å². The third kappa shape index (κ3) is 2.70. The Kier molecular flexibility index (Phi) is 3.93. The van der Waals surface area contributed by atoms with Gasteiger partial charge in [0.05, 0.1) is 17.6 Å². The number of rotatable bonds is 3. The minimum atomic E-state index is -0.210. The second-order valence-electron chi connectivity index (χ2n) is 9.73. The largest absolute Gasteiger partial charge is 0.465 e. The summed E-state index contributed by atoms with van der Waals surface area (Å²) in [5.41, 5.74) is 3.75. The van der Waals surface area contributed by atoms with Gasteiger partial charge in [-0.2, -0.15) is 0 Å². The van der Waals surface area contributed by atoms with E-state index in [2.05, 4.69) is 31.7 Å². The Hall–Kier alpha value is -1.88. The molecular weight excluding hydrogens is 368 g/mol. The van der Waals surface area contributed by atoms with Gasteiger partial charge in [0.25, 0.3) is 0 Å². The SMILES string of the molecule is COC(=O)c1c(-c2cccnc2N2CCC3(C)CC23)sc2c1CC(C)(C)CC2. The van der Waals surface area contributed by atoms with Crippen LogP contribution >= 0.6 is 11.3 Å². The van der Waals surface area contributed by atoms with E-state index in [-0.39, 0.29) is 11.4 Å². The van der Waals surface area contributed by atoms with Gasteiger partial charge in [-0.3, -0.25) is 0 Å². The van der Waals surface area contributed by atoms with Gasteiger partial charge in [0, 0.05) is 29.2 Å². The van der Waals surface area contributed by atoms with E-state index in [1.165, 1.54) is 30.4 Å². The molecule has 2 aromatic heterocycles. The number of nitrogens with zero attached hydrogens (tertiary/aromatic N) is 2. The molecule has 2 aliphatic carbocycles. The Morgan fingerprint density at radius 1 is 1.32 bits per heavy atom. The number of fused-ring (bicyclic) bond motifs is 2. The van der Waals surface area contributed by atoms with Crippen molar-refractivity contribution in [2.75, 3.05) is 18.6 Å². The molecule has 0 aromatic carbocycles. The van der Waals surface area contributed by atoms with Crippen LogP contribution in [-0.4, -0.2) is 30.6 Å². The van der Waals surface area contributed by atoms with Gasteiger partial charge in [0.2, 0.25) is 0 Å². The maximum atomic E-state index is 12.9. The standard InChI is InChI=1S/C23H28N2O2S/c1-22(2)8-7-16-15(12-22)18(21(26)27-4)19(28-16)14-6-5-10-24-20(14)25-11-9-23(3)13-17(23)25/h5-6,10,17H,7-9,11-13H2,1-4H3. The lowest BCUT2D eigenvalue weighted by Gasteiger charge is -2.29. The van der Waals surface area contributed by atoms with Crippen molar-refractivity contribution in [3.8, 4) is 10.4 Å². The van der Waals surface area contributed by atoms with Gasteiger partial charge in [0.1, 0.15) is 5.82 Å². The number of thiophene rings is 1. The summed E-state index contributed by atoms with van der Waals surface area (Å²) in [6, 6.07) is 4.72. The molecule has 1 saturated carbocycles.